The minimum atomic E-state index is -0.864. The van der Waals surface area contributed by atoms with E-state index in [2.05, 4.69) is 0 Å². The van der Waals surface area contributed by atoms with Gasteiger partial charge in [-0.2, -0.15) is 0 Å². The first-order valence-corrected chi connectivity index (χ1v) is 6.96. The summed E-state index contributed by atoms with van der Waals surface area (Å²) in [6.07, 6.45) is 0. The van der Waals surface area contributed by atoms with Gasteiger partial charge in [-0.1, -0.05) is 12.1 Å². The lowest BCUT2D eigenvalue weighted by molar-refractivity contribution is -0.385. The van der Waals surface area contributed by atoms with Crippen LogP contribution in [-0.4, -0.2) is 10.9 Å². The summed E-state index contributed by atoms with van der Waals surface area (Å²) in [6.45, 7) is 1.76. The van der Waals surface area contributed by atoms with E-state index in [-0.39, 0.29) is 22.6 Å². The second kappa shape index (κ2) is 5.96. The summed E-state index contributed by atoms with van der Waals surface area (Å²) in [4.78, 5) is 33.9. The number of nitrogens with zero attached hydrogens (tertiary/aromatic N) is 1. The van der Waals surface area contributed by atoms with Gasteiger partial charge in [0.2, 0.25) is 0 Å². The molecule has 0 aliphatic carbocycles. The van der Waals surface area contributed by atoms with Crippen LogP contribution in [0.5, 0.6) is 5.75 Å². The van der Waals surface area contributed by atoms with Crippen LogP contribution in [0.1, 0.15) is 15.9 Å². The Bertz CT molecular complexity index is 1020. The number of carbonyl (C=O) groups excluding carboxylic acids is 1. The standard InChI is InChI=1S/C17H11NO6/c1-10-8-16(19)24-15-9-11(6-7-12(10)15)23-17(20)13-4-2-3-5-14(13)18(21)22/h2-9H,1H3. The van der Waals surface area contributed by atoms with Crippen LogP contribution in [0.25, 0.3) is 11.0 Å². The Labute approximate surface area is 135 Å². The number of hydrogen-bond acceptors (Lipinski definition) is 6. The zero-order valence-corrected chi connectivity index (χ0v) is 12.5. The Kier molecular flexibility index (Phi) is 3.83. The fraction of sp³-hybridized carbons (Fsp3) is 0.0588. The molecule has 0 saturated heterocycles. The molecular formula is C17H11NO6. The highest BCUT2D eigenvalue weighted by molar-refractivity contribution is 5.95. The van der Waals surface area contributed by atoms with Gasteiger partial charge in [-0.15, -0.1) is 0 Å². The summed E-state index contributed by atoms with van der Waals surface area (Å²) in [5.41, 5.74) is -0.00758. The molecule has 24 heavy (non-hydrogen) atoms. The van der Waals surface area contributed by atoms with Crippen molar-refractivity contribution in [3.63, 3.8) is 0 Å². The maximum Gasteiger partial charge on any atom is 0.350 e. The molecule has 0 N–H and O–H groups in total. The van der Waals surface area contributed by atoms with Crippen LogP contribution in [0, 0.1) is 17.0 Å². The molecule has 0 aliphatic rings. The van der Waals surface area contributed by atoms with Crippen molar-refractivity contribution in [1.29, 1.82) is 0 Å². The van der Waals surface area contributed by atoms with E-state index in [0.29, 0.717) is 5.39 Å². The van der Waals surface area contributed by atoms with Gasteiger partial charge in [-0.25, -0.2) is 9.59 Å². The number of rotatable bonds is 3. The monoisotopic (exact) mass is 325 g/mol. The van der Waals surface area contributed by atoms with Crippen molar-refractivity contribution in [2.75, 3.05) is 0 Å². The fourth-order valence-corrected chi connectivity index (χ4v) is 2.34. The van der Waals surface area contributed by atoms with E-state index in [1.54, 1.807) is 13.0 Å². The Morgan fingerprint density at radius 3 is 2.67 bits per heavy atom. The molecule has 0 bridgehead atoms. The summed E-state index contributed by atoms with van der Waals surface area (Å²) in [5.74, 6) is -0.740. The zero-order chi connectivity index (χ0) is 17.3. The average Bonchev–Trinajstić information content (AvgIpc) is 2.54. The lowest BCUT2D eigenvalue weighted by Gasteiger charge is -2.06. The van der Waals surface area contributed by atoms with Crippen LogP contribution in [0.15, 0.2) is 57.7 Å². The van der Waals surface area contributed by atoms with Crippen molar-refractivity contribution in [1.82, 2.24) is 0 Å². The Hall–Kier alpha value is -3.48. The van der Waals surface area contributed by atoms with Crippen molar-refractivity contribution in [2.45, 2.75) is 6.92 Å². The minimum absolute atomic E-state index is 0.124. The second-order valence-corrected chi connectivity index (χ2v) is 5.07. The van der Waals surface area contributed by atoms with Gasteiger partial charge in [0.15, 0.2) is 0 Å². The summed E-state index contributed by atoms with van der Waals surface area (Å²) in [5, 5.41) is 11.7. The molecule has 0 aliphatic heterocycles. The molecule has 0 radical (unpaired) electrons. The van der Waals surface area contributed by atoms with Gasteiger partial charge in [-0.05, 0) is 30.7 Å². The lowest BCUT2D eigenvalue weighted by Crippen LogP contribution is -2.11. The van der Waals surface area contributed by atoms with E-state index < -0.39 is 16.5 Å². The van der Waals surface area contributed by atoms with Gasteiger partial charge in [0, 0.05) is 23.6 Å². The van der Waals surface area contributed by atoms with Gasteiger partial charge in [-0.3, -0.25) is 10.1 Å². The van der Waals surface area contributed by atoms with Crippen LogP contribution in [0.4, 0.5) is 5.69 Å². The first-order chi connectivity index (χ1) is 11.5. The molecule has 1 aromatic heterocycles. The van der Waals surface area contributed by atoms with E-state index in [0.717, 1.165) is 5.56 Å². The normalized spacial score (nSPS) is 10.5. The van der Waals surface area contributed by atoms with E-state index >= 15 is 0 Å². The van der Waals surface area contributed by atoms with Gasteiger partial charge in [0.05, 0.1) is 4.92 Å². The summed E-state index contributed by atoms with van der Waals surface area (Å²) in [6, 6.07) is 11.4. The van der Waals surface area contributed by atoms with Crippen LogP contribution < -0.4 is 10.4 Å². The Balaban J connectivity index is 1.97. The predicted molar refractivity (Wildman–Crippen MR) is 85.3 cm³/mol. The van der Waals surface area contributed by atoms with Gasteiger partial charge < -0.3 is 9.15 Å². The smallest absolute Gasteiger partial charge is 0.350 e. The number of fused-ring (bicyclic) bond motifs is 1. The highest BCUT2D eigenvalue weighted by Crippen LogP contribution is 2.24. The third-order valence-electron chi connectivity index (χ3n) is 3.45. The first kappa shape index (κ1) is 15.4. The molecule has 0 fully saturated rings. The average molecular weight is 325 g/mol. The molecule has 7 heteroatoms. The summed E-state index contributed by atoms with van der Waals surface area (Å²) < 4.78 is 10.3. The Morgan fingerprint density at radius 2 is 1.92 bits per heavy atom. The van der Waals surface area contributed by atoms with Crippen molar-refractivity contribution >= 4 is 22.6 Å². The molecular weight excluding hydrogens is 314 g/mol. The van der Waals surface area contributed by atoms with E-state index in [4.69, 9.17) is 9.15 Å². The van der Waals surface area contributed by atoms with Crippen LogP contribution in [0.2, 0.25) is 0 Å². The molecule has 7 nitrogen and oxygen atoms in total. The van der Waals surface area contributed by atoms with Gasteiger partial charge in [0.25, 0.3) is 5.69 Å². The van der Waals surface area contributed by atoms with Crippen molar-refractivity contribution in [3.05, 3.63) is 80.2 Å². The van der Waals surface area contributed by atoms with Gasteiger partial charge >= 0.3 is 11.6 Å². The van der Waals surface area contributed by atoms with Gasteiger partial charge in [0.1, 0.15) is 16.9 Å². The quantitative estimate of drug-likeness (QED) is 0.241. The van der Waals surface area contributed by atoms with E-state index in [1.165, 1.54) is 42.5 Å². The second-order valence-electron chi connectivity index (χ2n) is 5.07. The number of carbonyl (C=O) groups is 1. The first-order valence-electron chi connectivity index (χ1n) is 6.96. The maximum absolute atomic E-state index is 12.2. The predicted octanol–water partition coefficient (Wildman–Crippen LogP) is 3.23. The molecule has 3 rings (SSSR count). The molecule has 0 amide bonds. The fourth-order valence-electron chi connectivity index (χ4n) is 2.34. The van der Waals surface area contributed by atoms with E-state index in [1.807, 2.05) is 0 Å². The molecule has 0 spiro atoms. The molecule has 1 heterocycles. The third-order valence-corrected chi connectivity index (χ3v) is 3.45. The van der Waals surface area contributed by atoms with Crippen LogP contribution >= 0.6 is 0 Å². The number of hydrogen-bond donors (Lipinski definition) is 0. The topological polar surface area (TPSA) is 99.7 Å². The Morgan fingerprint density at radius 1 is 1.17 bits per heavy atom. The minimum Gasteiger partial charge on any atom is -0.423 e. The molecule has 0 unspecified atom stereocenters. The summed E-state index contributed by atoms with van der Waals surface area (Å²) in [7, 11) is 0. The van der Waals surface area contributed by atoms with Crippen LogP contribution in [-0.2, 0) is 0 Å². The molecule has 2 aromatic carbocycles. The maximum atomic E-state index is 12.2. The van der Waals surface area contributed by atoms with E-state index in [9.17, 15) is 19.7 Å². The highest BCUT2D eigenvalue weighted by Gasteiger charge is 2.21. The van der Waals surface area contributed by atoms with Crippen molar-refractivity contribution in [2.24, 2.45) is 0 Å². The SMILES string of the molecule is Cc1cc(=O)oc2cc(OC(=O)c3ccccc3[N+](=O)[O-])ccc12. The number of aryl methyl sites for hydroxylation is 1. The number of nitro groups is 1. The third kappa shape index (κ3) is 2.87. The molecule has 0 atom stereocenters. The number of para-hydroxylation sites is 1. The number of benzene rings is 2. The number of ether oxygens (including phenoxy) is 1. The van der Waals surface area contributed by atoms with Crippen molar-refractivity contribution < 1.29 is 18.9 Å². The summed E-state index contributed by atoms with van der Waals surface area (Å²) >= 11 is 0. The number of esters is 1. The zero-order valence-electron chi connectivity index (χ0n) is 12.5. The largest absolute Gasteiger partial charge is 0.423 e. The van der Waals surface area contributed by atoms with Crippen LogP contribution in [0.3, 0.4) is 0 Å². The number of nitro benzene ring substituents is 1. The molecule has 0 saturated carbocycles. The van der Waals surface area contributed by atoms with Crippen molar-refractivity contribution in [3.8, 4) is 5.75 Å². The lowest BCUT2D eigenvalue weighted by atomic mass is 10.1. The molecule has 3 aromatic rings. The highest BCUT2D eigenvalue weighted by atomic mass is 16.6. The molecule has 120 valence electrons.